The Bertz CT molecular complexity index is 104. The average molecular weight is 203 g/mol. The molecule has 10 heavy (non-hydrogen) atoms. The number of carbonyl (C=O) groups excluding carboxylic acids is 1. The molecular formula is C3H3ClF3KO2. The molecule has 0 N–H and O–H groups in total. The van der Waals surface area contributed by atoms with Gasteiger partial charge >= 0.3 is 62.7 Å². The van der Waals surface area contributed by atoms with Crippen LogP contribution >= 0.6 is 11.6 Å². The topological polar surface area (TPSA) is 26.3 Å². The van der Waals surface area contributed by atoms with Crippen molar-refractivity contribution in [3.8, 4) is 0 Å². The SMILES string of the molecule is COC(=O)C(F)(F)Cl.[F-].[K+]. The molecule has 0 heterocycles. The maximum Gasteiger partial charge on any atom is 1.00 e. The van der Waals surface area contributed by atoms with E-state index in [4.69, 9.17) is 0 Å². The van der Waals surface area contributed by atoms with Crippen LogP contribution in [0.3, 0.4) is 0 Å². The molecule has 0 aliphatic carbocycles. The van der Waals surface area contributed by atoms with E-state index in [1.807, 2.05) is 0 Å². The third kappa shape index (κ3) is 7.30. The Morgan fingerprint density at radius 2 is 1.90 bits per heavy atom. The molecule has 0 saturated heterocycles. The Kier molecular flexibility index (Phi) is 11.9. The maximum absolute atomic E-state index is 11.4. The first-order chi connectivity index (χ1) is 3.48. The average Bonchev–Trinajstić information content (AvgIpc) is 1.62. The van der Waals surface area contributed by atoms with Crippen molar-refractivity contribution in [3.05, 3.63) is 0 Å². The molecule has 0 spiro atoms. The molecule has 2 nitrogen and oxygen atoms in total. The minimum atomic E-state index is -3.88. The second kappa shape index (κ2) is 6.87. The fraction of sp³-hybridized carbons (Fsp3) is 0.667. The van der Waals surface area contributed by atoms with Gasteiger partial charge < -0.3 is 9.44 Å². The van der Waals surface area contributed by atoms with Gasteiger partial charge in [0.05, 0.1) is 7.11 Å². The van der Waals surface area contributed by atoms with Crippen LogP contribution in [-0.4, -0.2) is 18.5 Å². The van der Waals surface area contributed by atoms with E-state index >= 15 is 0 Å². The van der Waals surface area contributed by atoms with Gasteiger partial charge in [0.2, 0.25) is 0 Å². The Morgan fingerprint density at radius 3 is 1.90 bits per heavy atom. The predicted octanol–water partition coefficient (Wildman–Crippen LogP) is -5.00. The van der Waals surface area contributed by atoms with E-state index in [0.29, 0.717) is 0 Å². The number of rotatable bonds is 1. The Balaban J connectivity index is -0.000000245. The van der Waals surface area contributed by atoms with Gasteiger partial charge in [0.15, 0.2) is 0 Å². The van der Waals surface area contributed by atoms with E-state index in [-0.39, 0.29) is 56.1 Å². The van der Waals surface area contributed by atoms with Crippen LogP contribution in [0.25, 0.3) is 0 Å². The second-order valence-corrected chi connectivity index (χ2v) is 1.46. The molecule has 0 radical (unpaired) electrons. The van der Waals surface area contributed by atoms with Crippen molar-refractivity contribution in [2.45, 2.75) is 5.38 Å². The van der Waals surface area contributed by atoms with Crippen LogP contribution < -0.4 is 56.1 Å². The molecule has 0 aromatic rings. The van der Waals surface area contributed by atoms with E-state index < -0.39 is 11.4 Å². The number of methoxy groups -OCH3 is 1. The van der Waals surface area contributed by atoms with Gasteiger partial charge in [-0.15, -0.1) is 0 Å². The molecule has 0 aromatic heterocycles. The van der Waals surface area contributed by atoms with Gasteiger partial charge in [0.1, 0.15) is 0 Å². The van der Waals surface area contributed by atoms with E-state index in [9.17, 15) is 13.6 Å². The molecule has 0 fully saturated rings. The summed E-state index contributed by atoms with van der Waals surface area (Å²) in [5, 5.41) is -3.88. The molecule has 0 bridgehead atoms. The van der Waals surface area contributed by atoms with Crippen LogP contribution in [-0.2, 0) is 9.53 Å². The Hall–Kier alpha value is 1.19. The molecule has 0 saturated carbocycles. The Morgan fingerprint density at radius 1 is 1.60 bits per heavy atom. The van der Waals surface area contributed by atoms with Crippen molar-refractivity contribution in [2.24, 2.45) is 0 Å². The zero-order chi connectivity index (χ0) is 6.78. The normalized spacial score (nSPS) is 8.80. The largest absolute Gasteiger partial charge is 1.00 e. The zero-order valence-electron chi connectivity index (χ0n) is 5.33. The first kappa shape index (κ1) is 17.3. The van der Waals surface area contributed by atoms with Crippen molar-refractivity contribution in [2.75, 3.05) is 7.11 Å². The smallest absolute Gasteiger partial charge is 1.00 e. The van der Waals surface area contributed by atoms with Crippen LogP contribution in [0.4, 0.5) is 8.78 Å². The predicted molar refractivity (Wildman–Crippen MR) is 22.8 cm³/mol. The minimum Gasteiger partial charge on any atom is -1.00 e. The van der Waals surface area contributed by atoms with Gasteiger partial charge in [0, 0.05) is 0 Å². The van der Waals surface area contributed by atoms with Crippen molar-refractivity contribution in [1.29, 1.82) is 0 Å². The van der Waals surface area contributed by atoms with Crippen LogP contribution in [0.1, 0.15) is 0 Å². The first-order valence-corrected chi connectivity index (χ1v) is 2.01. The first-order valence-electron chi connectivity index (χ1n) is 1.63. The van der Waals surface area contributed by atoms with E-state index in [1.165, 1.54) is 0 Å². The van der Waals surface area contributed by atoms with E-state index in [2.05, 4.69) is 16.3 Å². The van der Waals surface area contributed by atoms with Crippen molar-refractivity contribution >= 4 is 17.6 Å². The summed E-state index contributed by atoms with van der Waals surface area (Å²) >= 11 is 4.18. The molecular weight excluding hydrogens is 200 g/mol. The number of carbonyl (C=O) groups is 1. The summed E-state index contributed by atoms with van der Waals surface area (Å²) in [6.45, 7) is 0. The van der Waals surface area contributed by atoms with Crippen molar-refractivity contribution in [1.82, 2.24) is 0 Å². The van der Waals surface area contributed by atoms with Crippen LogP contribution in [0.15, 0.2) is 0 Å². The summed E-state index contributed by atoms with van der Waals surface area (Å²) in [5.41, 5.74) is 0. The van der Waals surface area contributed by atoms with Crippen LogP contribution in [0.5, 0.6) is 0 Å². The molecule has 0 amide bonds. The van der Waals surface area contributed by atoms with Gasteiger partial charge in [-0.3, -0.25) is 0 Å². The number of hydrogen-bond donors (Lipinski definition) is 0. The monoisotopic (exact) mass is 202 g/mol. The Labute approximate surface area is 103 Å². The van der Waals surface area contributed by atoms with Crippen LogP contribution in [0.2, 0.25) is 0 Å². The summed E-state index contributed by atoms with van der Waals surface area (Å²) in [6, 6.07) is 0. The zero-order valence-corrected chi connectivity index (χ0v) is 9.21. The van der Waals surface area contributed by atoms with Gasteiger partial charge in [-0.1, -0.05) is 0 Å². The number of ether oxygens (including phenoxy) is 1. The van der Waals surface area contributed by atoms with E-state index in [1.54, 1.807) is 0 Å². The fourth-order valence-electron chi connectivity index (χ4n) is 0.116. The molecule has 0 atom stereocenters. The second-order valence-electron chi connectivity index (χ2n) is 0.989. The van der Waals surface area contributed by atoms with Crippen molar-refractivity contribution < 1.29 is 74.4 Å². The molecule has 7 heteroatoms. The van der Waals surface area contributed by atoms with Gasteiger partial charge in [0.25, 0.3) is 0 Å². The number of hydrogen-bond acceptors (Lipinski definition) is 2. The summed E-state index contributed by atoms with van der Waals surface area (Å²) in [4.78, 5) is 9.73. The molecule has 0 aliphatic heterocycles. The van der Waals surface area contributed by atoms with E-state index in [0.717, 1.165) is 7.11 Å². The standard InChI is InChI=1S/C3H3ClF2O2.FH.K/c1-8-2(7)3(4,5)6;;/h1H3;1H;/q;;+1/p-1. The van der Waals surface area contributed by atoms with Gasteiger partial charge in [-0.25, -0.2) is 4.79 Å². The molecule has 0 aliphatic rings. The maximum atomic E-state index is 11.4. The summed E-state index contributed by atoms with van der Waals surface area (Å²) in [6.07, 6.45) is 0. The van der Waals surface area contributed by atoms with Gasteiger partial charge in [-0.05, 0) is 11.6 Å². The number of alkyl halides is 3. The quantitative estimate of drug-likeness (QED) is 0.242. The molecule has 0 aromatic carbocycles. The molecule has 0 rings (SSSR count). The van der Waals surface area contributed by atoms with Crippen molar-refractivity contribution in [3.63, 3.8) is 0 Å². The third-order valence-corrected chi connectivity index (χ3v) is 0.571. The molecule has 0 unspecified atom stereocenters. The van der Waals surface area contributed by atoms with Crippen LogP contribution in [0, 0.1) is 0 Å². The summed E-state index contributed by atoms with van der Waals surface area (Å²) in [7, 11) is 0.832. The fourth-order valence-corrected chi connectivity index (χ4v) is 0.193. The number of esters is 1. The number of halogens is 4. The summed E-state index contributed by atoms with van der Waals surface area (Å²) < 4.78 is 26.4. The summed E-state index contributed by atoms with van der Waals surface area (Å²) in [5.74, 6) is -1.74. The minimum absolute atomic E-state index is 0. The molecule has 56 valence electrons. The van der Waals surface area contributed by atoms with Gasteiger partial charge in [-0.2, -0.15) is 8.78 Å². The third-order valence-electron chi connectivity index (χ3n) is 0.417.